The molecule has 0 saturated carbocycles. The number of halogens is 1. The van der Waals surface area contributed by atoms with Crippen LogP contribution in [-0.4, -0.2) is 4.98 Å². The maximum absolute atomic E-state index is 5.83. The summed E-state index contributed by atoms with van der Waals surface area (Å²) in [5.41, 5.74) is 1.13. The van der Waals surface area contributed by atoms with Crippen LogP contribution in [0.5, 0.6) is 0 Å². The number of pyridine rings is 1. The molecule has 0 fully saturated rings. The fourth-order valence-corrected chi connectivity index (χ4v) is 2.03. The second-order valence-corrected chi connectivity index (χ2v) is 4.71. The first-order valence-corrected chi connectivity index (χ1v) is 6.82. The fourth-order valence-electron chi connectivity index (χ4n) is 1.85. The summed E-state index contributed by atoms with van der Waals surface area (Å²) in [6.07, 6.45) is 10.5. The van der Waals surface area contributed by atoms with Gasteiger partial charge in [-0.1, -0.05) is 63.1 Å². The van der Waals surface area contributed by atoms with Crippen LogP contribution in [0.15, 0.2) is 18.2 Å². The molecule has 0 aliphatic heterocycles. The number of aromatic nitrogens is 1. The third-order valence-electron chi connectivity index (χ3n) is 2.81. The second kappa shape index (κ2) is 8.58. The monoisotopic (exact) mass is 239 g/mol. The predicted octanol–water partition coefficient (Wildman–Crippen LogP) is 5.03. The van der Waals surface area contributed by atoms with Crippen molar-refractivity contribution < 1.29 is 0 Å². The lowest BCUT2D eigenvalue weighted by Crippen LogP contribution is -1.90. The van der Waals surface area contributed by atoms with Crippen molar-refractivity contribution in [2.24, 2.45) is 0 Å². The van der Waals surface area contributed by atoms with Crippen LogP contribution in [0, 0.1) is 0 Å². The molecule has 0 N–H and O–H groups in total. The first-order chi connectivity index (χ1) is 7.83. The minimum atomic E-state index is 0.612. The Bertz CT molecular complexity index is 286. The molecule has 0 aliphatic rings. The van der Waals surface area contributed by atoms with E-state index in [-0.39, 0.29) is 0 Å². The van der Waals surface area contributed by atoms with Crippen molar-refractivity contribution in [1.82, 2.24) is 4.98 Å². The molecule has 90 valence electrons. The van der Waals surface area contributed by atoms with E-state index in [1.54, 1.807) is 0 Å². The van der Waals surface area contributed by atoms with Gasteiger partial charge >= 0.3 is 0 Å². The van der Waals surface area contributed by atoms with Crippen molar-refractivity contribution in [3.05, 3.63) is 29.0 Å². The number of nitrogens with zero attached hydrogens (tertiary/aromatic N) is 1. The number of rotatable bonds is 8. The van der Waals surface area contributed by atoms with E-state index in [0.717, 1.165) is 12.1 Å². The van der Waals surface area contributed by atoms with Gasteiger partial charge in [0.2, 0.25) is 0 Å². The molecule has 0 aromatic carbocycles. The van der Waals surface area contributed by atoms with Crippen molar-refractivity contribution in [1.29, 1.82) is 0 Å². The number of unbranched alkanes of at least 4 members (excludes halogenated alkanes) is 6. The van der Waals surface area contributed by atoms with Crippen LogP contribution in [0.2, 0.25) is 5.15 Å². The summed E-state index contributed by atoms with van der Waals surface area (Å²) in [5.74, 6) is 0. The topological polar surface area (TPSA) is 12.9 Å². The molecule has 0 amide bonds. The minimum absolute atomic E-state index is 0.612. The van der Waals surface area contributed by atoms with E-state index in [1.807, 2.05) is 12.1 Å². The van der Waals surface area contributed by atoms with Gasteiger partial charge in [0.1, 0.15) is 5.15 Å². The number of hydrogen-bond acceptors (Lipinski definition) is 1. The molecular weight excluding hydrogens is 218 g/mol. The zero-order valence-corrected chi connectivity index (χ0v) is 11.0. The molecule has 1 nitrogen and oxygen atoms in total. The average molecular weight is 240 g/mol. The highest BCUT2D eigenvalue weighted by Crippen LogP contribution is 2.11. The molecule has 0 radical (unpaired) electrons. The van der Waals surface area contributed by atoms with Crippen LogP contribution in [0.25, 0.3) is 0 Å². The lowest BCUT2D eigenvalue weighted by molar-refractivity contribution is 0.587. The van der Waals surface area contributed by atoms with Crippen LogP contribution in [-0.2, 0) is 6.42 Å². The van der Waals surface area contributed by atoms with Gasteiger partial charge in [-0.25, -0.2) is 4.98 Å². The van der Waals surface area contributed by atoms with Gasteiger partial charge in [0, 0.05) is 5.69 Å². The summed E-state index contributed by atoms with van der Waals surface area (Å²) in [6.45, 7) is 2.25. The fraction of sp³-hybridized carbons (Fsp3) is 0.643. The molecule has 16 heavy (non-hydrogen) atoms. The van der Waals surface area contributed by atoms with E-state index in [1.165, 1.54) is 44.9 Å². The molecular formula is C14H22ClN. The number of hydrogen-bond donors (Lipinski definition) is 0. The summed E-state index contributed by atoms with van der Waals surface area (Å²) in [4.78, 5) is 4.29. The molecule has 1 heterocycles. The van der Waals surface area contributed by atoms with Crippen molar-refractivity contribution in [3.63, 3.8) is 0 Å². The van der Waals surface area contributed by atoms with Gasteiger partial charge in [0.25, 0.3) is 0 Å². The Morgan fingerprint density at radius 3 is 2.38 bits per heavy atom. The summed E-state index contributed by atoms with van der Waals surface area (Å²) in [5, 5.41) is 0.612. The second-order valence-electron chi connectivity index (χ2n) is 4.32. The highest BCUT2D eigenvalue weighted by molar-refractivity contribution is 6.29. The van der Waals surface area contributed by atoms with Crippen LogP contribution in [0.3, 0.4) is 0 Å². The van der Waals surface area contributed by atoms with E-state index >= 15 is 0 Å². The maximum Gasteiger partial charge on any atom is 0.129 e. The third kappa shape index (κ3) is 6.12. The first kappa shape index (κ1) is 13.5. The Labute approximate surface area is 104 Å². The predicted molar refractivity (Wildman–Crippen MR) is 70.9 cm³/mol. The Kier molecular flexibility index (Phi) is 7.24. The SMILES string of the molecule is CCCCCCCCCc1cccc(Cl)n1. The van der Waals surface area contributed by atoms with E-state index in [2.05, 4.69) is 18.0 Å². The Morgan fingerprint density at radius 2 is 1.69 bits per heavy atom. The minimum Gasteiger partial charge on any atom is -0.241 e. The van der Waals surface area contributed by atoms with Crippen LogP contribution in [0.4, 0.5) is 0 Å². The largest absolute Gasteiger partial charge is 0.241 e. The molecule has 1 aromatic rings. The Hall–Kier alpha value is -0.560. The highest BCUT2D eigenvalue weighted by atomic mass is 35.5. The quantitative estimate of drug-likeness (QED) is 0.458. The van der Waals surface area contributed by atoms with Gasteiger partial charge in [-0.15, -0.1) is 0 Å². The third-order valence-corrected chi connectivity index (χ3v) is 3.02. The van der Waals surface area contributed by atoms with Gasteiger partial charge in [-0.2, -0.15) is 0 Å². The van der Waals surface area contributed by atoms with Crippen LogP contribution in [0.1, 0.15) is 57.6 Å². The molecule has 0 spiro atoms. The molecule has 2 heteroatoms. The van der Waals surface area contributed by atoms with E-state index in [0.29, 0.717) is 5.15 Å². The summed E-state index contributed by atoms with van der Waals surface area (Å²) in [7, 11) is 0. The van der Waals surface area contributed by atoms with Gasteiger partial charge in [0.15, 0.2) is 0 Å². The van der Waals surface area contributed by atoms with Gasteiger partial charge in [0.05, 0.1) is 0 Å². The summed E-state index contributed by atoms with van der Waals surface area (Å²) in [6, 6.07) is 5.87. The maximum atomic E-state index is 5.83. The van der Waals surface area contributed by atoms with Crippen molar-refractivity contribution >= 4 is 11.6 Å². The van der Waals surface area contributed by atoms with Gasteiger partial charge in [-0.3, -0.25) is 0 Å². The molecule has 0 unspecified atom stereocenters. The number of aryl methyl sites for hydroxylation is 1. The Balaban J connectivity index is 2.03. The van der Waals surface area contributed by atoms with Crippen molar-refractivity contribution in [2.75, 3.05) is 0 Å². The van der Waals surface area contributed by atoms with Crippen LogP contribution >= 0.6 is 11.6 Å². The molecule has 1 rings (SSSR count). The van der Waals surface area contributed by atoms with E-state index in [4.69, 9.17) is 11.6 Å². The van der Waals surface area contributed by atoms with E-state index in [9.17, 15) is 0 Å². The zero-order chi connectivity index (χ0) is 11.6. The normalized spacial score (nSPS) is 10.6. The first-order valence-electron chi connectivity index (χ1n) is 6.44. The lowest BCUT2D eigenvalue weighted by atomic mass is 10.1. The molecule has 0 aliphatic carbocycles. The van der Waals surface area contributed by atoms with Gasteiger partial charge < -0.3 is 0 Å². The smallest absolute Gasteiger partial charge is 0.129 e. The molecule has 0 atom stereocenters. The average Bonchev–Trinajstić information content (AvgIpc) is 2.28. The standard InChI is InChI=1S/C14H22ClN/c1-2-3-4-5-6-7-8-10-13-11-9-12-14(15)16-13/h9,11-12H,2-8,10H2,1H3. The summed E-state index contributed by atoms with van der Waals surface area (Å²) >= 11 is 5.83. The Morgan fingerprint density at radius 1 is 1.00 bits per heavy atom. The molecule has 0 saturated heterocycles. The molecule has 1 aromatic heterocycles. The lowest BCUT2D eigenvalue weighted by Gasteiger charge is -2.02. The van der Waals surface area contributed by atoms with Gasteiger partial charge in [-0.05, 0) is 25.0 Å². The van der Waals surface area contributed by atoms with E-state index < -0.39 is 0 Å². The van der Waals surface area contributed by atoms with Crippen molar-refractivity contribution in [2.45, 2.75) is 58.3 Å². The summed E-state index contributed by atoms with van der Waals surface area (Å²) < 4.78 is 0. The van der Waals surface area contributed by atoms with Crippen LogP contribution < -0.4 is 0 Å². The highest BCUT2D eigenvalue weighted by Gasteiger charge is 1.96. The molecule has 0 bridgehead atoms. The zero-order valence-electron chi connectivity index (χ0n) is 10.2. The van der Waals surface area contributed by atoms with Crippen molar-refractivity contribution in [3.8, 4) is 0 Å².